The fourth-order valence-electron chi connectivity index (χ4n) is 5.48. The van der Waals surface area contributed by atoms with Crippen molar-refractivity contribution in [1.29, 1.82) is 0 Å². The zero-order valence-corrected chi connectivity index (χ0v) is 21.5. The Morgan fingerprint density at radius 1 is 0.944 bits per heavy atom. The molecule has 5 nitrogen and oxygen atoms in total. The largest absolute Gasteiger partial charge is 0.490 e. The maximum Gasteiger partial charge on any atom is 0.254 e. The van der Waals surface area contributed by atoms with E-state index in [-0.39, 0.29) is 30.9 Å². The molecule has 36 heavy (non-hydrogen) atoms. The van der Waals surface area contributed by atoms with Gasteiger partial charge in [-0.1, -0.05) is 41.9 Å². The summed E-state index contributed by atoms with van der Waals surface area (Å²) in [5.74, 6) is 4.17. The molecule has 2 saturated heterocycles. The third-order valence-electron chi connectivity index (χ3n) is 7.26. The number of piperidine rings is 1. The molecule has 0 aromatic heterocycles. The van der Waals surface area contributed by atoms with Crippen LogP contribution in [0.4, 0.5) is 0 Å². The molecule has 3 aliphatic rings. The number of rotatable bonds is 7. The average Bonchev–Trinajstić information content (AvgIpc) is 3.46. The van der Waals surface area contributed by atoms with E-state index in [1.165, 1.54) is 5.56 Å². The van der Waals surface area contributed by atoms with Gasteiger partial charge in [0, 0.05) is 53.1 Å². The Bertz CT molecular complexity index is 1240. The van der Waals surface area contributed by atoms with Gasteiger partial charge in [-0.05, 0) is 54.3 Å². The third kappa shape index (κ3) is 4.89. The molecule has 3 aromatic carbocycles. The highest BCUT2D eigenvalue weighted by Gasteiger charge is 2.44. The van der Waals surface area contributed by atoms with E-state index in [0.717, 1.165) is 70.6 Å². The van der Waals surface area contributed by atoms with Crippen LogP contribution in [0.5, 0.6) is 17.2 Å². The molecular formula is C29H28ClNO4S. The van der Waals surface area contributed by atoms with Gasteiger partial charge >= 0.3 is 0 Å². The molecule has 2 unspecified atom stereocenters. The maximum atomic E-state index is 13.4. The van der Waals surface area contributed by atoms with Crippen molar-refractivity contribution in [3.8, 4) is 17.2 Å². The predicted molar refractivity (Wildman–Crippen MR) is 142 cm³/mol. The number of thioether (sulfide) groups is 1. The first-order chi connectivity index (χ1) is 17.6. The standard InChI is InChI=1S/C29H28ClNO4S/c30-26-4-2-1-3-21(26)17-36-16-19-5-7-20(8-6-19)29(32)31-22-9-10-23(31)14-25(13-22)35-24-11-12-27-28(15-24)34-18-33-27/h1-8,11-12,15,22-23,25H,9-10,13-14,16-18H2. The Hall–Kier alpha value is -2.83. The van der Waals surface area contributed by atoms with Crippen molar-refractivity contribution in [2.45, 2.75) is 55.4 Å². The summed E-state index contributed by atoms with van der Waals surface area (Å²) in [5.41, 5.74) is 3.13. The van der Waals surface area contributed by atoms with Gasteiger partial charge in [0.05, 0.1) is 0 Å². The Morgan fingerprint density at radius 2 is 1.69 bits per heavy atom. The Labute approximate surface area is 220 Å². The molecule has 6 rings (SSSR count). The summed E-state index contributed by atoms with van der Waals surface area (Å²) in [6, 6.07) is 22.2. The van der Waals surface area contributed by atoms with Gasteiger partial charge in [-0.3, -0.25) is 4.79 Å². The Morgan fingerprint density at radius 3 is 2.47 bits per heavy atom. The second-order valence-corrected chi connectivity index (χ2v) is 11.0. The van der Waals surface area contributed by atoms with Crippen molar-refractivity contribution in [2.24, 2.45) is 0 Å². The van der Waals surface area contributed by atoms with Crippen LogP contribution >= 0.6 is 23.4 Å². The van der Waals surface area contributed by atoms with E-state index in [1.54, 1.807) is 0 Å². The lowest BCUT2D eigenvalue weighted by Crippen LogP contribution is -2.49. The first kappa shape index (κ1) is 23.6. The van der Waals surface area contributed by atoms with Gasteiger partial charge in [-0.2, -0.15) is 11.8 Å². The molecule has 0 spiro atoms. The van der Waals surface area contributed by atoms with Crippen molar-refractivity contribution in [2.75, 3.05) is 6.79 Å². The van der Waals surface area contributed by atoms with Crippen molar-refractivity contribution < 1.29 is 19.0 Å². The number of ether oxygens (including phenoxy) is 3. The van der Waals surface area contributed by atoms with E-state index in [0.29, 0.717) is 0 Å². The molecule has 0 saturated carbocycles. The number of fused-ring (bicyclic) bond motifs is 3. The highest BCUT2D eigenvalue weighted by Crippen LogP contribution is 2.40. The molecule has 3 aliphatic heterocycles. The number of hydrogen-bond donors (Lipinski definition) is 0. The second kappa shape index (κ2) is 10.3. The monoisotopic (exact) mass is 521 g/mol. The molecule has 0 aliphatic carbocycles. The number of halogens is 1. The summed E-state index contributed by atoms with van der Waals surface area (Å²) in [6.07, 6.45) is 3.88. The van der Waals surface area contributed by atoms with Crippen molar-refractivity contribution in [3.63, 3.8) is 0 Å². The van der Waals surface area contributed by atoms with Crippen LogP contribution in [0, 0.1) is 0 Å². The second-order valence-electron chi connectivity index (χ2n) is 9.60. The topological polar surface area (TPSA) is 48.0 Å². The molecule has 2 atom stereocenters. The lowest BCUT2D eigenvalue weighted by Gasteiger charge is -2.39. The summed E-state index contributed by atoms with van der Waals surface area (Å²) in [6.45, 7) is 0.256. The SMILES string of the molecule is O=C(c1ccc(CSCc2ccccc2Cl)cc1)N1C2CCC1CC(Oc1ccc3c(c1)OCO3)C2. The fourth-order valence-corrected chi connectivity index (χ4v) is 6.77. The van der Waals surface area contributed by atoms with Crippen molar-refractivity contribution in [1.82, 2.24) is 4.90 Å². The quantitative estimate of drug-likeness (QED) is 0.345. The highest BCUT2D eigenvalue weighted by atomic mass is 35.5. The number of carbonyl (C=O) groups is 1. The Balaban J connectivity index is 1.04. The maximum absolute atomic E-state index is 13.4. The molecule has 7 heteroatoms. The van der Waals surface area contributed by atoms with Crippen LogP contribution in [0.1, 0.15) is 47.2 Å². The Kier molecular flexibility index (Phi) is 6.72. The molecule has 186 valence electrons. The van der Waals surface area contributed by atoms with Gasteiger partial charge in [-0.15, -0.1) is 0 Å². The van der Waals surface area contributed by atoms with Gasteiger partial charge in [-0.25, -0.2) is 0 Å². The lowest BCUT2D eigenvalue weighted by molar-refractivity contribution is 0.0358. The average molecular weight is 522 g/mol. The van der Waals surface area contributed by atoms with Crippen LogP contribution in [0.15, 0.2) is 66.7 Å². The summed E-state index contributed by atoms with van der Waals surface area (Å²) >= 11 is 8.09. The minimum atomic E-state index is 0.101. The highest BCUT2D eigenvalue weighted by molar-refractivity contribution is 7.97. The van der Waals surface area contributed by atoms with Crippen LogP contribution in [-0.2, 0) is 11.5 Å². The van der Waals surface area contributed by atoms with Crippen molar-refractivity contribution >= 4 is 29.3 Å². The number of amides is 1. The predicted octanol–water partition coefficient (Wildman–Crippen LogP) is 6.72. The van der Waals surface area contributed by atoms with E-state index in [9.17, 15) is 4.79 Å². The molecule has 3 aromatic rings. The minimum Gasteiger partial charge on any atom is -0.490 e. The molecule has 0 radical (unpaired) electrons. The number of carbonyl (C=O) groups excluding carboxylic acids is 1. The molecule has 2 bridgehead atoms. The van der Waals surface area contributed by atoms with Gasteiger partial charge in [0.25, 0.3) is 5.91 Å². The first-order valence-electron chi connectivity index (χ1n) is 12.4. The molecular weight excluding hydrogens is 494 g/mol. The lowest BCUT2D eigenvalue weighted by atomic mass is 9.98. The minimum absolute atomic E-state index is 0.101. The summed E-state index contributed by atoms with van der Waals surface area (Å²) in [7, 11) is 0. The number of benzene rings is 3. The molecule has 0 N–H and O–H groups in total. The van der Waals surface area contributed by atoms with E-state index in [4.69, 9.17) is 25.8 Å². The number of hydrogen-bond acceptors (Lipinski definition) is 5. The smallest absolute Gasteiger partial charge is 0.254 e. The fraction of sp³-hybridized carbons (Fsp3) is 0.345. The zero-order chi connectivity index (χ0) is 24.5. The van der Waals surface area contributed by atoms with Crippen LogP contribution < -0.4 is 14.2 Å². The first-order valence-corrected chi connectivity index (χ1v) is 14.0. The van der Waals surface area contributed by atoms with E-state index in [1.807, 2.05) is 60.3 Å². The molecule has 2 fully saturated rings. The van der Waals surface area contributed by atoms with E-state index >= 15 is 0 Å². The zero-order valence-electron chi connectivity index (χ0n) is 19.9. The molecule has 3 heterocycles. The summed E-state index contributed by atoms with van der Waals surface area (Å²) < 4.78 is 17.2. The summed E-state index contributed by atoms with van der Waals surface area (Å²) in [5, 5.41) is 0.811. The van der Waals surface area contributed by atoms with E-state index in [2.05, 4.69) is 23.1 Å². The van der Waals surface area contributed by atoms with Crippen LogP contribution in [0.3, 0.4) is 0 Å². The van der Waals surface area contributed by atoms with Gasteiger partial charge in [0.1, 0.15) is 11.9 Å². The van der Waals surface area contributed by atoms with Gasteiger partial charge < -0.3 is 19.1 Å². The van der Waals surface area contributed by atoms with Crippen LogP contribution in [0.25, 0.3) is 0 Å². The van der Waals surface area contributed by atoms with Gasteiger partial charge in [0.15, 0.2) is 11.5 Å². The number of nitrogens with zero attached hydrogens (tertiary/aromatic N) is 1. The van der Waals surface area contributed by atoms with Crippen LogP contribution in [-0.4, -0.2) is 35.8 Å². The van der Waals surface area contributed by atoms with Gasteiger partial charge in [0.2, 0.25) is 6.79 Å². The summed E-state index contributed by atoms with van der Waals surface area (Å²) in [4.78, 5) is 15.5. The molecule has 1 amide bonds. The normalized spacial score (nSPS) is 22.0. The van der Waals surface area contributed by atoms with Crippen LogP contribution in [0.2, 0.25) is 5.02 Å². The third-order valence-corrected chi connectivity index (χ3v) is 8.68. The van der Waals surface area contributed by atoms with E-state index < -0.39 is 0 Å². The van der Waals surface area contributed by atoms with Crippen molar-refractivity contribution in [3.05, 3.63) is 88.4 Å².